The lowest BCUT2D eigenvalue weighted by molar-refractivity contribution is 0.0785. The zero-order valence-electron chi connectivity index (χ0n) is 16.5. The van der Waals surface area contributed by atoms with Gasteiger partial charge in [-0.3, -0.25) is 4.79 Å². The molecule has 3 aromatic rings. The fraction of sp³-hybridized carbons (Fsp3) is 0.261. The predicted molar refractivity (Wildman–Crippen MR) is 113 cm³/mol. The highest BCUT2D eigenvalue weighted by molar-refractivity contribution is 5.94. The van der Waals surface area contributed by atoms with Gasteiger partial charge in [0, 0.05) is 43.9 Å². The average molecular weight is 388 g/mol. The molecule has 1 fully saturated rings. The van der Waals surface area contributed by atoms with E-state index >= 15 is 0 Å². The van der Waals surface area contributed by atoms with Gasteiger partial charge in [-0.25, -0.2) is 9.97 Å². The Morgan fingerprint density at radius 2 is 1.76 bits per heavy atom. The normalized spacial score (nSPS) is 13.9. The van der Waals surface area contributed by atoms with E-state index < -0.39 is 0 Å². The van der Waals surface area contributed by atoms with Crippen molar-refractivity contribution in [2.24, 2.45) is 0 Å². The van der Waals surface area contributed by atoms with E-state index in [1.165, 1.54) is 0 Å². The maximum Gasteiger partial charge on any atom is 0.253 e. The molecule has 0 saturated carbocycles. The van der Waals surface area contributed by atoms with Crippen LogP contribution in [-0.2, 0) is 11.3 Å². The summed E-state index contributed by atoms with van der Waals surface area (Å²) in [4.78, 5) is 25.5. The molecule has 0 spiro atoms. The summed E-state index contributed by atoms with van der Waals surface area (Å²) < 4.78 is 5.41. The molecule has 2 heterocycles. The number of hydrogen-bond acceptors (Lipinski definition) is 5. The Labute approximate surface area is 170 Å². The predicted octanol–water partition coefficient (Wildman–Crippen LogP) is 3.25. The minimum Gasteiger partial charge on any atom is -0.378 e. The monoisotopic (exact) mass is 388 g/mol. The number of ether oxygens (including phenoxy) is 1. The van der Waals surface area contributed by atoms with Crippen molar-refractivity contribution in [1.82, 2.24) is 14.9 Å². The quantitative estimate of drug-likeness (QED) is 0.672. The summed E-state index contributed by atoms with van der Waals surface area (Å²) in [5, 5.41) is 0. The van der Waals surface area contributed by atoms with Gasteiger partial charge in [0.15, 0.2) is 0 Å². The summed E-state index contributed by atoms with van der Waals surface area (Å²) in [6.07, 6.45) is 1.59. The topological polar surface area (TPSA) is 58.6 Å². The Kier molecular flexibility index (Phi) is 5.81. The molecule has 148 valence electrons. The molecule has 1 amide bonds. The number of carbonyl (C=O) groups is 1. The number of benzene rings is 2. The molecule has 6 heteroatoms. The van der Waals surface area contributed by atoms with Crippen LogP contribution in [0, 0.1) is 0 Å². The Morgan fingerprint density at radius 1 is 1.03 bits per heavy atom. The highest BCUT2D eigenvalue weighted by Crippen LogP contribution is 2.22. The van der Waals surface area contributed by atoms with Crippen LogP contribution < -0.4 is 4.90 Å². The zero-order chi connectivity index (χ0) is 20.1. The minimum atomic E-state index is -0.00269. The molecule has 1 aliphatic heterocycles. The number of aromatic nitrogens is 2. The molecule has 0 aliphatic carbocycles. The SMILES string of the molecule is CN(Cc1ccccc1)C(=O)c1ccc(-c2cc(N3CCOCC3)ncn2)cc1. The lowest BCUT2D eigenvalue weighted by atomic mass is 10.1. The number of hydrogen-bond donors (Lipinski definition) is 0. The molecular weight excluding hydrogens is 364 g/mol. The van der Waals surface area contributed by atoms with Crippen molar-refractivity contribution in [3.8, 4) is 11.3 Å². The molecule has 0 bridgehead atoms. The third-order valence-corrected chi connectivity index (χ3v) is 5.02. The first kappa shape index (κ1) is 19.1. The molecule has 0 atom stereocenters. The molecule has 6 nitrogen and oxygen atoms in total. The molecule has 0 N–H and O–H groups in total. The van der Waals surface area contributed by atoms with Crippen LogP contribution in [0.2, 0.25) is 0 Å². The van der Waals surface area contributed by atoms with Crippen LogP contribution in [0.25, 0.3) is 11.3 Å². The van der Waals surface area contributed by atoms with Crippen molar-refractivity contribution < 1.29 is 9.53 Å². The highest BCUT2D eigenvalue weighted by atomic mass is 16.5. The van der Waals surface area contributed by atoms with Crippen molar-refractivity contribution >= 4 is 11.7 Å². The van der Waals surface area contributed by atoms with E-state index in [0.29, 0.717) is 25.3 Å². The Balaban J connectivity index is 1.47. The van der Waals surface area contributed by atoms with E-state index in [2.05, 4.69) is 14.9 Å². The summed E-state index contributed by atoms with van der Waals surface area (Å²) in [6.45, 7) is 3.67. The van der Waals surface area contributed by atoms with Crippen LogP contribution in [0.5, 0.6) is 0 Å². The smallest absolute Gasteiger partial charge is 0.253 e. The third-order valence-electron chi connectivity index (χ3n) is 5.02. The first-order chi connectivity index (χ1) is 14.2. The molecule has 1 aromatic heterocycles. The van der Waals surface area contributed by atoms with E-state index in [4.69, 9.17) is 4.74 Å². The van der Waals surface area contributed by atoms with E-state index in [-0.39, 0.29) is 5.91 Å². The molecule has 1 saturated heterocycles. The van der Waals surface area contributed by atoms with Crippen molar-refractivity contribution in [3.05, 3.63) is 78.1 Å². The second-order valence-electron chi connectivity index (χ2n) is 7.09. The summed E-state index contributed by atoms with van der Waals surface area (Å²) in [5.74, 6) is 0.901. The van der Waals surface area contributed by atoms with Gasteiger partial charge in [-0.1, -0.05) is 42.5 Å². The van der Waals surface area contributed by atoms with Crippen molar-refractivity contribution in [2.75, 3.05) is 38.3 Å². The largest absolute Gasteiger partial charge is 0.378 e. The van der Waals surface area contributed by atoms with Gasteiger partial charge in [-0.2, -0.15) is 0 Å². The van der Waals surface area contributed by atoms with Crippen molar-refractivity contribution in [1.29, 1.82) is 0 Å². The van der Waals surface area contributed by atoms with Crippen molar-refractivity contribution in [3.63, 3.8) is 0 Å². The standard InChI is InChI=1S/C23H24N4O2/c1-26(16-18-5-3-2-4-6-18)23(28)20-9-7-19(8-10-20)21-15-22(25-17-24-21)27-11-13-29-14-12-27/h2-10,15,17H,11-14,16H2,1H3. The average Bonchev–Trinajstić information content (AvgIpc) is 2.80. The molecule has 0 radical (unpaired) electrons. The van der Waals surface area contributed by atoms with Gasteiger partial charge in [0.1, 0.15) is 12.1 Å². The van der Waals surface area contributed by atoms with Crippen LogP contribution in [0.3, 0.4) is 0 Å². The summed E-state index contributed by atoms with van der Waals surface area (Å²) in [5.41, 5.74) is 3.58. The number of nitrogens with zero attached hydrogens (tertiary/aromatic N) is 4. The van der Waals surface area contributed by atoms with Gasteiger partial charge in [0.2, 0.25) is 0 Å². The molecule has 4 rings (SSSR count). The molecular formula is C23H24N4O2. The van der Waals surface area contributed by atoms with E-state index in [0.717, 1.165) is 35.7 Å². The second kappa shape index (κ2) is 8.84. The van der Waals surface area contributed by atoms with Gasteiger partial charge < -0.3 is 14.5 Å². The first-order valence-electron chi connectivity index (χ1n) is 9.75. The van der Waals surface area contributed by atoms with Gasteiger partial charge >= 0.3 is 0 Å². The summed E-state index contributed by atoms with van der Waals surface area (Å²) in [7, 11) is 1.82. The Bertz CT molecular complexity index is 954. The number of morpholine rings is 1. The summed E-state index contributed by atoms with van der Waals surface area (Å²) >= 11 is 0. The number of rotatable bonds is 5. The van der Waals surface area contributed by atoms with Crippen LogP contribution in [-0.4, -0.2) is 54.1 Å². The molecule has 0 unspecified atom stereocenters. The molecule has 1 aliphatic rings. The first-order valence-corrected chi connectivity index (χ1v) is 9.75. The van der Waals surface area contributed by atoms with Crippen LogP contribution in [0.4, 0.5) is 5.82 Å². The van der Waals surface area contributed by atoms with Gasteiger partial charge in [0.25, 0.3) is 5.91 Å². The maximum atomic E-state index is 12.7. The van der Waals surface area contributed by atoms with Gasteiger partial charge in [-0.15, -0.1) is 0 Å². The van der Waals surface area contributed by atoms with Crippen molar-refractivity contribution in [2.45, 2.75) is 6.54 Å². The lowest BCUT2D eigenvalue weighted by Crippen LogP contribution is -2.36. The maximum absolute atomic E-state index is 12.7. The number of amides is 1. The third kappa shape index (κ3) is 4.60. The van der Waals surface area contributed by atoms with E-state index in [1.54, 1.807) is 11.2 Å². The van der Waals surface area contributed by atoms with Crippen LogP contribution in [0.15, 0.2) is 67.0 Å². The number of carbonyl (C=O) groups excluding carboxylic acids is 1. The van der Waals surface area contributed by atoms with Crippen LogP contribution >= 0.6 is 0 Å². The van der Waals surface area contributed by atoms with Crippen LogP contribution in [0.1, 0.15) is 15.9 Å². The fourth-order valence-electron chi connectivity index (χ4n) is 3.40. The summed E-state index contributed by atoms with van der Waals surface area (Å²) in [6, 6.07) is 19.6. The zero-order valence-corrected chi connectivity index (χ0v) is 16.5. The van der Waals surface area contributed by atoms with E-state index in [1.807, 2.05) is 67.7 Å². The molecule has 2 aromatic carbocycles. The Hall–Kier alpha value is -3.25. The van der Waals surface area contributed by atoms with Gasteiger partial charge in [-0.05, 0) is 17.7 Å². The Morgan fingerprint density at radius 3 is 2.48 bits per heavy atom. The van der Waals surface area contributed by atoms with E-state index in [9.17, 15) is 4.79 Å². The minimum absolute atomic E-state index is 0.00269. The van der Waals surface area contributed by atoms with Gasteiger partial charge in [0.05, 0.1) is 18.9 Å². The molecule has 29 heavy (non-hydrogen) atoms. The number of anilines is 1. The lowest BCUT2D eigenvalue weighted by Gasteiger charge is -2.27. The second-order valence-corrected chi connectivity index (χ2v) is 7.09. The fourth-order valence-corrected chi connectivity index (χ4v) is 3.40. The highest BCUT2D eigenvalue weighted by Gasteiger charge is 2.15.